The Bertz CT molecular complexity index is 1700. The quantitative estimate of drug-likeness (QED) is 0.0958. The number of halogens is 2. The first kappa shape index (κ1) is 31.7. The van der Waals surface area contributed by atoms with E-state index in [1.54, 1.807) is 25.1 Å². The molecule has 1 amide bonds. The highest BCUT2D eigenvalue weighted by atomic mass is 35.5. The highest BCUT2D eigenvalue weighted by molar-refractivity contribution is 7.87. The predicted molar refractivity (Wildman–Crippen MR) is 165 cm³/mol. The molecule has 0 unspecified atom stereocenters. The molecule has 0 fully saturated rings. The topological polar surface area (TPSA) is 113 Å². The molecule has 0 aromatic heterocycles. The molecule has 4 aromatic carbocycles. The van der Waals surface area contributed by atoms with Gasteiger partial charge in [0, 0.05) is 10.6 Å². The van der Waals surface area contributed by atoms with Gasteiger partial charge in [-0.15, -0.1) is 0 Å². The lowest BCUT2D eigenvalue weighted by atomic mass is 10.2. The van der Waals surface area contributed by atoms with Crippen molar-refractivity contribution in [2.75, 3.05) is 13.2 Å². The normalized spacial score (nSPS) is 11.3. The van der Waals surface area contributed by atoms with Gasteiger partial charge in [0.15, 0.2) is 17.2 Å². The van der Waals surface area contributed by atoms with Crippen LogP contribution >= 0.6 is 23.2 Å². The first-order valence-electron chi connectivity index (χ1n) is 13.1. The molecule has 224 valence electrons. The summed E-state index contributed by atoms with van der Waals surface area (Å²) >= 11 is 12.2. The van der Waals surface area contributed by atoms with Crippen LogP contribution in [0.1, 0.15) is 35.3 Å². The number of hydrogen-bond donors (Lipinski definition) is 1. The minimum absolute atomic E-state index is 0.0382. The van der Waals surface area contributed by atoms with Gasteiger partial charge in [0.25, 0.3) is 5.91 Å². The molecule has 0 heterocycles. The Kier molecular flexibility index (Phi) is 10.9. The van der Waals surface area contributed by atoms with E-state index in [0.29, 0.717) is 40.9 Å². The van der Waals surface area contributed by atoms with E-state index in [9.17, 15) is 13.2 Å². The molecule has 0 bridgehead atoms. The van der Waals surface area contributed by atoms with Gasteiger partial charge in [-0.1, -0.05) is 53.5 Å². The second-order valence-electron chi connectivity index (χ2n) is 8.82. The van der Waals surface area contributed by atoms with E-state index >= 15 is 0 Å². The van der Waals surface area contributed by atoms with E-state index in [0.717, 1.165) is 5.56 Å². The molecule has 0 aliphatic heterocycles. The van der Waals surface area contributed by atoms with Gasteiger partial charge in [-0.25, -0.2) is 5.43 Å². The number of nitrogens with zero attached hydrogens (tertiary/aromatic N) is 1. The molecule has 0 aliphatic rings. The molecule has 0 saturated heterocycles. The highest BCUT2D eigenvalue weighted by Crippen LogP contribution is 2.38. The minimum Gasteiger partial charge on any atom is -0.490 e. The van der Waals surface area contributed by atoms with Gasteiger partial charge in [-0.05, 0) is 79.6 Å². The van der Waals surface area contributed by atoms with Crippen LogP contribution in [0.5, 0.6) is 23.0 Å². The molecule has 9 nitrogen and oxygen atoms in total. The molecule has 0 saturated carbocycles. The molecular formula is C31H28Cl2N2O7S. The van der Waals surface area contributed by atoms with Crippen molar-refractivity contribution in [1.82, 2.24) is 5.43 Å². The predicted octanol–water partition coefficient (Wildman–Crippen LogP) is 6.90. The van der Waals surface area contributed by atoms with Gasteiger partial charge < -0.3 is 18.4 Å². The van der Waals surface area contributed by atoms with Crippen molar-refractivity contribution in [2.24, 2.45) is 5.10 Å². The van der Waals surface area contributed by atoms with Crippen LogP contribution in [-0.4, -0.2) is 33.8 Å². The Balaban J connectivity index is 1.47. The molecule has 12 heteroatoms. The lowest BCUT2D eigenvalue weighted by molar-refractivity contribution is 0.0954. The van der Waals surface area contributed by atoms with Gasteiger partial charge >= 0.3 is 10.1 Å². The molecule has 0 atom stereocenters. The monoisotopic (exact) mass is 642 g/mol. The van der Waals surface area contributed by atoms with E-state index in [2.05, 4.69) is 10.5 Å². The second-order valence-corrected chi connectivity index (χ2v) is 11.2. The third kappa shape index (κ3) is 8.63. The third-order valence-corrected chi connectivity index (χ3v) is 7.52. The van der Waals surface area contributed by atoms with Crippen molar-refractivity contribution in [3.05, 3.63) is 112 Å². The largest absolute Gasteiger partial charge is 0.490 e. The molecular weight excluding hydrogens is 615 g/mol. The zero-order chi connectivity index (χ0) is 30.8. The summed E-state index contributed by atoms with van der Waals surface area (Å²) < 4.78 is 48.1. The summed E-state index contributed by atoms with van der Waals surface area (Å²) in [5.41, 5.74) is 4.18. The van der Waals surface area contributed by atoms with E-state index in [1.807, 2.05) is 37.3 Å². The first-order chi connectivity index (χ1) is 20.7. The van der Waals surface area contributed by atoms with Crippen molar-refractivity contribution >= 4 is 45.4 Å². The summed E-state index contributed by atoms with van der Waals surface area (Å²) in [7, 11) is -4.23. The molecule has 4 rings (SSSR count). The number of benzene rings is 4. The Labute approximate surface area is 260 Å². The fourth-order valence-corrected chi connectivity index (χ4v) is 5.15. The number of hydrogen-bond acceptors (Lipinski definition) is 8. The number of hydrazone groups is 1. The van der Waals surface area contributed by atoms with Crippen LogP contribution in [0.2, 0.25) is 10.0 Å². The lowest BCUT2D eigenvalue weighted by Crippen LogP contribution is -2.18. The Hall–Kier alpha value is -4.25. The summed E-state index contributed by atoms with van der Waals surface area (Å²) in [6.45, 7) is 4.50. The van der Waals surface area contributed by atoms with Crippen LogP contribution in [0.4, 0.5) is 0 Å². The van der Waals surface area contributed by atoms with Crippen molar-refractivity contribution in [3.63, 3.8) is 0 Å². The molecule has 1 N–H and O–H groups in total. The van der Waals surface area contributed by atoms with Crippen LogP contribution in [-0.2, 0) is 16.7 Å². The smallest absolute Gasteiger partial charge is 0.339 e. The Morgan fingerprint density at radius 3 is 2.23 bits per heavy atom. The second kappa shape index (κ2) is 14.8. The van der Waals surface area contributed by atoms with E-state index < -0.39 is 16.0 Å². The number of carbonyl (C=O) groups is 1. The van der Waals surface area contributed by atoms with Crippen LogP contribution in [0.25, 0.3) is 0 Å². The summed E-state index contributed by atoms with van der Waals surface area (Å²) in [5.74, 6) is 0.332. The fraction of sp³-hybridized carbons (Fsp3) is 0.161. The summed E-state index contributed by atoms with van der Waals surface area (Å²) in [5, 5.41) is 4.35. The maximum Gasteiger partial charge on any atom is 0.339 e. The van der Waals surface area contributed by atoms with E-state index in [-0.39, 0.29) is 28.0 Å². The zero-order valence-corrected chi connectivity index (χ0v) is 25.6. The Morgan fingerprint density at radius 1 is 0.837 bits per heavy atom. The maximum atomic E-state index is 12.8. The van der Waals surface area contributed by atoms with Crippen LogP contribution in [0.15, 0.2) is 94.9 Å². The van der Waals surface area contributed by atoms with E-state index in [1.165, 1.54) is 42.6 Å². The van der Waals surface area contributed by atoms with Crippen LogP contribution < -0.4 is 23.8 Å². The summed E-state index contributed by atoms with van der Waals surface area (Å²) in [6, 6.07) is 23.0. The van der Waals surface area contributed by atoms with Gasteiger partial charge in [0.05, 0.1) is 24.5 Å². The lowest BCUT2D eigenvalue weighted by Gasteiger charge is -2.14. The number of nitrogens with one attached hydrogen (secondary N) is 1. The van der Waals surface area contributed by atoms with Crippen LogP contribution in [0, 0.1) is 0 Å². The van der Waals surface area contributed by atoms with Crippen molar-refractivity contribution < 1.29 is 31.6 Å². The summed E-state index contributed by atoms with van der Waals surface area (Å²) in [4.78, 5) is 12.7. The Morgan fingerprint density at radius 2 is 1.53 bits per heavy atom. The molecule has 0 radical (unpaired) electrons. The molecule has 0 aliphatic carbocycles. The number of carbonyl (C=O) groups excluding carboxylic acids is 1. The van der Waals surface area contributed by atoms with Gasteiger partial charge in [-0.2, -0.15) is 13.5 Å². The zero-order valence-electron chi connectivity index (χ0n) is 23.3. The van der Waals surface area contributed by atoms with Crippen molar-refractivity contribution in [1.29, 1.82) is 0 Å². The van der Waals surface area contributed by atoms with Gasteiger partial charge in [-0.3, -0.25) is 4.79 Å². The van der Waals surface area contributed by atoms with E-state index in [4.69, 9.17) is 41.6 Å². The van der Waals surface area contributed by atoms with Crippen molar-refractivity contribution in [2.45, 2.75) is 25.3 Å². The molecule has 43 heavy (non-hydrogen) atoms. The van der Waals surface area contributed by atoms with Crippen molar-refractivity contribution in [3.8, 4) is 23.0 Å². The molecule has 4 aromatic rings. The van der Waals surface area contributed by atoms with Gasteiger partial charge in [0.1, 0.15) is 11.5 Å². The standard InChI is InChI=1S/C31H28Cl2N2O7S/c1-3-39-28-18-23(10-15-27(28)41-20-21-8-6-5-7-9-21)31(36)35-34-19-22-16-26(33)30(29(17-22)40-4-2)42-43(37,38)25-13-11-24(32)12-14-25/h5-19H,3-4,20H2,1-2H3,(H,35,36)/b34-19+. The highest BCUT2D eigenvalue weighted by Gasteiger charge is 2.22. The average Bonchev–Trinajstić information content (AvgIpc) is 2.99. The molecule has 0 spiro atoms. The number of ether oxygens (including phenoxy) is 3. The van der Waals surface area contributed by atoms with Gasteiger partial charge in [0.2, 0.25) is 5.75 Å². The first-order valence-corrected chi connectivity index (χ1v) is 15.3. The third-order valence-electron chi connectivity index (χ3n) is 5.75. The summed E-state index contributed by atoms with van der Waals surface area (Å²) in [6.07, 6.45) is 1.34. The maximum absolute atomic E-state index is 12.8. The minimum atomic E-state index is -4.23. The number of amides is 1. The number of rotatable bonds is 13. The van der Waals surface area contributed by atoms with Crippen LogP contribution in [0.3, 0.4) is 0 Å². The SMILES string of the molecule is CCOc1cc(C(=O)N/N=C/c2cc(Cl)c(OS(=O)(=O)c3ccc(Cl)cc3)c(OCC)c2)ccc1OCc1ccccc1. The average molecular weight is 644 g/mol. The fourth-order valence-electron chi connectivity index (χ4n) is 3.77.